The summed E-state index contributed by atoms with van der Waals surface area (Å²) in [6.45, 7) is 3.31. The maximum atomic E-state index is 13.2. The average molecular weight is 281 g/mol. The lowest BCUT2D eigenvalue weighted by atomic mass is 10.1. The molecule has 0 atom stereocenters. The molecule has 0 spiro atoms. The molecule has 1 aromatic rings. The maximum absolute atomic E-state index is 13.2. The Balaban J connectivity index is 3.45. The highest BCUT2D eigenvalue weighted by Crippen LogP contribution is 2.41. The second kappa shape index (κ2) is 5.23. The van der Waals surface area contributed by atoms with Gasteiger partial charge in [-0.05, 0) is 42.0 Å². The minimum absolute atomic E-state index is 0.0191. The molecule has 94 valence electrons. The van der Waals surface area contributed by atoms with Crippen LogP contribution in [0.25, 0.3) is 0 Å². The van der Waals surface area contributed by atoms with Crippen molar-refractivity contribution in [3.05, 3.63) is 28.8 Å². The van der Waals surface area contributed by atoms with Crippen molar-refractivity contribution in [3.8, 4) is 0 Å². The summed E-state index contributed by atoms with van der Waals surface area (Å²) in [5.74, 6) is -0.575. The Labute approximate surface area is 107 Å². The van der Waals surface area contributed by atoms with Gasteiger partial charge in [-0.1, -0.05) is 6.92 Å². The molecule has 0 aliphatic heterocycles. The lowest BCUT2D eigenvalue weighted by Crippen LogP contribution is -2.10. The molecule has 1 rings (SSSR count). The van der Waals surface area contributed by atoms with Crippen molar-refractivity contribution in [2.75, 3.05) is 5.75 Å². The number of thioether (sulfide) groups is 1. The van der Waals surface area contributed by atoms with E-state index in [4.69, 9.17) is 16.7 Å². The number of carboxylic acids is 1. The summed E-state index contributed by atoms with van der Waals surface area (Å²) in [4.78, 5) is 11.2. The van der Waals surface area contributed by atoms with Gasteiger partial charge in [0.2, 0.25) is 0 Å². The zero-order valence-corrected chi connectivity index (χ0v) is 10.8. The van der Waals surface area contributed by atoms with Gasteiger partial charge in [-0.3, -0.25) is 0 Å². The Morgan fingerprint density at radius 3 is 2.53 bits per heavy atom. The lowest BCUT2D eigenvalue weighted by Gasteiger charge is -2.16. The quantitative estimate of drug-likeness (QED) is 0.667. The van der Waals surface area contributed by atoms with Gasteiger partial charge in [0.25, 0.3) is 0 Å². The molecule has 0 bridgehead atoms. The van der Waals surface area contributed by atoms with Crippen molar-refractivity contribution in [2.24, 2.45) is 0 Å². The third kappa shape index (κ3) is 3.10. The van der Waals surface area contributed by atoms with E-state index in [9.17, 15) is 13.6 Å². The van der Waals surface area contributed by atoms with E-state index < -0.39 is 11.4 Å². The van der Waals surface area contributed by atoms with Gasteiger partial charge in [0.15, 0.2) is 0 Å². The number of alkyl halides is 3. The number of carboxylic acid groups (broad SMARTS) is 1. The first kappa shape index (κ1) is 14.3. The summed E-state index contributed by atoms with van der Waals surface area (Å²) < 4.78 is 26.3. The standard InChI is InChI=1S/C11H11ClF2O2S/c1-3-17-9-6(2)7(10(15)16)4-5-8(9)11(12,13)14/h4-5H,3H2,1-2H3,(H,15,16). The average Bonchev–Trinajstić information content (AvgIpc) is 2.18. The first-order valence-corrected chi connectivity index (χ1v) is 6.22. The van der Waals surface area contributed by atoms with Gasteiger partial charge >= 0.3 is 11.4 Å². The molecule has 2 nitrogen and oxygen atoms in total. The van der Waals surface area contributed by atoms with E-state index in [1.807, 2.05) is 0 Å². The minimum Gasteiger partial charge on any atom is -0.478 e. The summed E-state index contributed by atoms with van der Waals surface area (Å²) >= 11 is 6.17. The largest absolute Gasteiger partial charge is 0.478 e. The van der Waals surface area contributed by atoms with Gasteiger partial charge in [-0.15, -0.1) is 11.8 Å². The summed E-state index contributed by atoms with van der Waals surface area (Å²) in [5.41, 5.74) is 0.00121. The Morgan fingerprint density at radius 1 is 1.53 bits per heavy atom. The van der Waals surface area contributed by atoms with E-state index in [2.05, 4.69) is 0 Å². The van der Waals surface area contributed by atoms with Crippen molar-refractivity contribution in [1.29, 1.82) is 0 Å². The Morgan fingerprint density at radius 2 is 2.12 bits per heavy atom. The van der Waals surface area contributed by atoms with E-state index in [1.54, 1.807) is 6.92 Å². The molecular formula is C11H11ClF2O2S. The topological polar surface area (TPSA) is 37.3 Å². The summed E-state index contributed by atoms with van der Waals surface area (Å²) in [6, 6.07) is 2.23. The number of hydrogen-bond acceptors (Lipinski definition) is 2. The van der Waals surface area contributed by atoms with Crippen LogP contribution in [0.1, 0.15) is 28.4 Å². The van der Waals surface area contributed by atoms with Crippen LogP contribution in [0.5, 0.6) is 0 Å². The zero-order chi connectivity index (χ0) is 13.2. The van der Waals surface area contributed by atoms with E-state index in [-0.39, 0.29) is 16.0 Å². The number of carbonyl (C=O) groups is 1. The fraction of sp³-hybridized carbons (Fsp3) is 0.364. The Kier molecular flexibility index (Phi) is 4.38. The van der Waals surface area contributed by atoms with Gasteiger partial charge in [-0.25, -0.2) is 4.79 Å². The summed E-state index contributed by atoms with van der Waals surface area (Å²) in [6.07, 6.45) is 0. The number of halogens is 3. The zero-order valence-electron chi connectivity index (χ0n) is 9.26. The van der Waals surface area contributed by atoms with E-state index in [0.717, 1.165) is 23.9 Å². The molecule has 0 saturated heterocycles. The van der Waals surface area contributed by atoms with Gasteiger partial charge < -0.3 is 5.11 Å². The molecular weight excluding hydrogens is 270 g/mol. The highest BCUT2D eigenvalue weighted by molar-refractivity contribution is 7.99. The monoisotopic (exact) mass is 280 g/mol. The fourth-order valence-electron chi connectivity index (χ4n) is 1.48. The van der Waals surface area contributed by atoms with Gasteiger partial charge in [-0.2, -0.15) is 8.78 Å². The molecule has 1 aromatic carbocycles. The fourth-order valence-corrected chi connectivity index (χ4v) is 2.66. The number of rotatable bonds is 4. The molecule has 0 aliphatic carbocycles. The van der Waals surface area contributed by atoms with Crippen LogP contribution in [0.4, 0.5) is 8.78 Å². The highest BCUT2D eigenvalue weighted by Gasteiger charge is 2.32. The van der Waals surface area contributed by atoms with Gasteiger partial charge in [0.05, 0.1) is 11.1 Å². The third-order valence-electron chi connectivity index (χ3n) is 2.23. The Bertz CT molecular complexity index is 444. The van der Waals surface area contributed by atoms with Crippen LogP contribution in [0.3, 0.4) is 0 Å². The second-order valence-corrected chi connectivity index (χ2v) is 5.10. The number of aromatic carboxylic acids is 1. The smallest absolute Gasteiger partial charge is 0.349 e. The van der Waals surface area contributed by atoms with Gasteiger partial charge in [0, 0.05) is 4.90 Å². The third-order valence-corrected chi connectivity index (χ3v) is 3.54. The highest BCUT2D eigenvalue weighted by atomic mass is 35.5. The number of benzene rings is 1. The van der Waals surface area contributed by atoms with Crippen molar-refractivity contribution >= 4 is 29.3 Å². The van der Waals surface area contributed by atoms with Crippen LogP contribution in [0, 0.1) is 6.92 Å². The lowest BCUT2D eigenvalue weighted by molar-refractivity contribution is 0.0693. The molecule has 0 aromatic heterocycles. The van der Waals surface area contributed by atoms with E-state index in [0.29, 0.717) is 11.3 Å². The van der Waals surface area contributed by atoms with Crippen molar-refractivity contribution in [3.63, 3.8) is 0 Å². The van der Waals surface area contributed by atoms with Crippen molar-refractivity contribution < 1.29 is 18.7 Å². The van der Waals surface area contributed by atoms with Crippen LogP contribution >= 0.6 is 23.4 Å². The SMILES string of the molecule is CCSc1c(C(F)(F)Cl)ccc(C(=O)O)c1C. The molecule has 6 heteroatoms. The minimum atomic E-state index is -3.49. The predicted molar refractivity (Wildman–Crippen MR) is 64.3 cm³/mol. The van der Waals surface area contributed by atoms with Crippen LogP contribution in [0.2, 0.25) is 0 Å². The molecule has 1 N–H and O–H groups in total. The molecule has 17 heavy (non-hydrogen) atoms. The first-order chi connectivity index (χ1) is 7.79. The molecule has 0 aliphatic rings. The normalized spacial score (nSPS) is 11.6. The molecule has 0 amide bonds. The van der Waals surface area contributed by atoms with E-state index in [1.165, 1.54) is 6.92 Å². The van der Waals surface area contributed by atoms with Crippen molar-refractivity contribution in [2.45, 2.75) is 24.1 Å². The summed E-state index contributed by atoms with van der Waals surface area (Å²) in [7, 11) is 0. The predicted octanol–water partition coefficient (Wildman–Crippen LogP) is 4.09. The number of hydrogen-bond donors (Lipinski definition) is 1. The molecule has 0 unspecified atom stereocenters. The molecule has 0 heterocycles. The molecule has 0 saturated carbocycles. The van der Waals surface area contributed by atoms with Crippen molar-refractivity contribution in [1.82, 2.24) is 0 Å². The van der Waals surface area contributed by atoms with Crippen LogP contribution < -0.4 is 0 Å². The van der Waals surface area contributed by atoms with Crippen LogP contribution in [-0.4, -0.2) is 16.8 Å². The van der Waals surface area contributed by atoms with Crippen LogP contribution in [-0.2, 0) is 5.38 Å². The Hall–Kier alpha value is -0.810. The summed E-state index contributed by atoms with van der Waals surface area (Å²) in [5, 5.41) is 5.44. The van der Waals surface area contributed by atoms with E-state index >= 15 is 0 Å². The first-order valence-electron chi connectivity index (χ1n) is 4.86. The molecule has 0 radical (unpaired) electrons. The second-order valence-electron chi connectivity index (χ2n) is 3.35. The van der Waals surface area contributed by atoms with Gasteiger partial charge in [0.1, 0.15) is 0 Å². The van der Waals surface area contributed by atoms with Crippen LogP contribution in [0.15, 0.2) is 17.0 Å². The molecule has 0 fully saturated rings. The maximum Gasteiger partial charge on any atom is 0.349 e.